The van der Waals surface area contributed by atoms with Crippen molar-refractivity contribution in [2.75, 3.05) is 41.2 Å². The monoisotopic (exact) mass is 897 g/mol. The van der Waals surface area contributed by atoms with E-state index in [1.54, 1.807) is 21.3 Å². The summed E-state index contributed by atoms with van der Waals surface area (Å²) in [6, 6.07) is 12.7. The van der Waals surface area contributed by atoms with Crippen LogP contribution in [0.25, 0.3) is 24.3 Å². The lowest BCUT2D eigenvalue weighted by molar-refractivity contribution is 0.273. The van der Waals surface area contributed by atoms with Gasteiger partial charge in [-0.1, -0.05) is 158 Å². The van der Waals surface area contributed by atoms with Crippen LogP contribution in [0.5, 0.6) is 34.5 Å². The molecular formula is C59H92O6. The molecule has 3 aromatic rings. The summed E-state index contributed by atoms with van der Waals surface area (Å²) in [5.41, 5.74) is 6.07. The summed E-state index contributed by atoms with van der Waals surface area (Å²) in [5, 5.41) is 0. The molecular weight excluding hydrogens is 805 g/mol. The highest BCUT2D eigenvalue weighted by Crippen LogP contribution is 2.37. The highest BCUT2D eigenvalue weighted by molar-refractivity contribution is 5.81. The van der Waals surface area contributed by atoms with Crippen molar-refractivity contribution in [3.8, 4) is 34.5 Å². The predicted octanol–water partition coefficient (Wildman–Crippen LogP) is 16.9. The van der Waals surface area contributed by atoms with Crippen LogP contribution in [0.1, 0.15) is 187 Å². The summed E-state index contributed by atoms with van der Waals surface area (Å²) < 4.78 is 37.7. The number of hydrogen-bond donors (Lipinski definition) is 0. The maximum absolute atomic E-state index is 6.71. The average Bonchev–Trinajstić information content (AvgIpc) is 3.27. The molecule has 3 rings (SSSR count). The van der Waals surface area contributed by atoms with Crippen molar-refractivity contribution >= 4 is 24.3 Å². The van der Waals surface area contributed by atoms with Gasteiger partial charge in [0.1, 0.15) is 34.5 Å². The minimum absolute atomic E-state index is 0.579. The highest BCUT2D eigenvalue weighted by atomic mass is 16.5. The van der Waals surface area contributed by atoms with Gasteiger partial charge in [0.2, 0.25) is 0 Å². The lowest BCUT2D eigenvalue weighted by Gasteiger charge is -2.18. The summed E-state index contributed by atoms with van der Waals surface area (Å²) in [6.07, 6.45) is 24.5. The molecule has 0 fully saturated rings. The fourth-order valence-electron chi connectivity index (χ4n) is 8.35. The van der Waals surface area contributed by atoms with Gasteiger partial charge in [-0.15, -0.1) is 0 Å². The van der Waals surface area contributed by atoms with Crippen LogP contribution in [0.15, 0.2) is 36.4 Å². The van der Waals surface area contributed by atoms with Crippen molar-refractivity contribution < 1.29 is 28.4 Å². The SMILES string of the molecule is CCc1cc(OCCC(C)CCCC(C)C)c(/C=C/c2cc(OCCC(C)CCCC(C)C)c(/C=C/c3cc(OCCC(C)CCCC(C)C)c(CC)cc3OC)cc2OC)cc1OC. The van der Waals surface area contributed by atoms with E-state index in [1.807, 2.05) is 0 Å². The third-order valence-corrected chi connectivity index (χ3v) is 12.9. The lowest BCUT2D eigenvalue weighted by Crippen LogP contribution is -2.06. The van der Waals surface area contributed by atoms with Gasteiger partial charge in [0, 0.05) is 22.3 Å². The van der Waals surface area contributed by atoms with Gasteiger partial charge >= 0.3 is 0 Å². The first-order chi connectivity index (χ1) is 31.2. The van der Waals surface area contributed by atoms with Gasteiger partial charge in [-0.05, 0) is 115 Å². The molecule has 0 aliphatic heterocycles. The van der Waals surface area contributed by atoms with E-state index in [-0.39, 0.29) is 0 Å². The molecule has 0 heterocycles. The lowest BCUT2D eigenvalue weighted by atomic mass is 9.97. The van der Waals surface area contributed by atoms with E-state index in [0.717, 1.165) is 118 Å². The van der Waals surface area contributed by atoms with E-state index >= 15 is 0 Å². The van der Waals surface area contributed by atoms with Gasteiger partial charge < -0.3 is 28.4 Å². The first kappa shape index (κ1) is 55.3. The zero-order valence-electron chi connectivity index (χ0n) is 43.7. The van der Waals surface area contributed by atoms with Crippen LogP contribution < -0.4 is 28.4 Å². The second-order valence-electron chi connectivity index (χ2n) is 20.1. The molecule has 0 saturated heterocycles. The summed E-state index contributed by atoms with van der Waals surface area (Å²) in [5.74, 6) is 9.10. The Morgan fingerprint density at radius 2 is 0.646 bits per heavy atom. The molecule has 0 saturated carbocycles. The summed E-state index contributed by atoms with van der Waals surface area (Å²) in [6.45, 7) is 27.2. The molecule has 0 amide bonds. The number of rotatable bonds is 33. The number of hydrogen-bond acceptors (Lipinski definition) is 6. The molecule has 0 aromatic heterocycles. The van der Waals surface area contributed by atoms with Crippen molar-refractivity contribution in [3.63, 3.8) is 0 Å². The summed E-state index contributed by atoms with van der Waals surface area (Å²) in [4.78, 5) is 0. The van der Waals surface area contributed by atoms with Gasteiger partial charge in [0.05, 0.1) is 41.2 Å². The Morgan fingerprint density at radius 1 is 0.354 bits per heavy atom. The third kappa shape index (κ3) is 20.1. The highest BCUT2D eigenvalue weighted by Gasteiger charge is 2.16. The maximum Gasteiger partial charge on any atom is 0.127 e. The van der Waals surface area contributed by atoms with Crippen LogP contribution in [0, 0.1) is 35.5 Å². The fraction of sp³-hybridized carbons (Fsp3) is 0.627. The molecule has 6 nitrogen and oxygen atoms in total. The Kier molecular flexibility index (Phi) is 25.7. The molecule has 0 radical (unpaired) electrons. The summed E-state index contributed by atoms with van der Waals surface area (Å²) >= 11 is 0. The second kappa shape index (κ2) is 30.3. The van der Waals surface area contributed by atoms with Crippen molar-refractivity contribution in [3.05, 3.63) is 69.8 Å². The molecule has 0 aliphatic rings. The van der Waals surface area contributed by atoms with Gasteiger partial charge in [0.15, 0.2) is 0 Å². The number of methoxy groups -OCH3 is 3. The van der Waals surface area contributed by atoms with Crippen LogP contribution in [0.2, 0.25) is 0 Å². The van der Waals surface area contributed by atoms with E-state index < -0.39 is 0 Å². The van der Waals surface area contributed by atoms with Gasteiger partial charge in [0.25, 0.3) is 0 Å². The predicted molar refractivity (Wildman–Crippen MR) is 279 cm³/mol. The molecule has 65 heavy (non-hydrogen) atoms. The van der Waals surface area contributed by atoms with Crippen molar-refractivity contribution in [1.82, 2.24) is 0 Å². The molecule has 6 heteroatoms. The number of benzene rings is 3. The van der Waals surface area contributed by atoms with E-state index in [0.29, 0.717) is 37.6 Å². The number of aryl methyl sites for hydroxylation is 2. The van der Waals surface area contributed by atoms with Crippen molar-refractivity contribution in [1.29, 1.82) is 0 Å². The van der Waals surface area contributed by atoms with Gasteiger partial charge in [-0.25, -0.2) is 0 Å². The van der Waals surface area contributed by atoms with Crippen LogP contribution in [0.3, 0.4) is 0 Å². The largest absolute Gasteiger partial charge is 0.496 e. The standard InChI is InChI=1S/C59H92O6/c1-15-48-37-58(64-34-31-46(10)24-18-21-43(5)6)52(38-54(48)60-12)28-27-51-41-59(65-35-32-47(11)25-19-22-44(7)8)53(39-56(51)62-14)29-26-50-40-57(49(16-2)36-55(50)61-13)63-33-30-45(9)23-17-20-42(3)4/h26-29,36-47H,15-25,30-35H2,1-14H3/b28-27+,29-26+. The molecule has 3 atom stereocenters. The first-order valence-corrected chi connectivity index (χ1v) is 25.6. The second-order valence-corrected chi connectivity index (χ2v) is 20.1. The van der Waals surface area contributed by atoms with Crippen LogP contribution in [-0.2, 0) is 12.8 Å². The molecule has 0 N–H and O–H groups in total. The Balaban J connectivity index is 1.99. The van der Waals surface area contributed by atoms with Crippen molar-refractivity contribution in [2.45, 2.75) is 166 Å². The van der Waals surface area contributed by atoms with Crippen LogP contribution in [-0.4, -0.2) is 41.2 Å². The number of ether oxygens (including phenoxy) is 6. The Morgan fingerprint density at radius 3 is 1.03 bits per heavy atom. The Hall–Kier alpha value is -4.06. The molecule has 0 spiro atoms. The summed E-state index contributed by atoms with van der Waals surface area (Å²) in [7, 11) is 5.21. The van der Waals surface area contributed by atoms with E-state index in [2.05, 4.69) is 137 Å². The molecule has 0 bridgehead atoms. The molecule has 3 aromatic carbocycles. The van der Waals surface area contributed by atoms with Crippen molar-refractivity contribution in [2.24, 2.45) is 35.5 Å². The normalized spacial score (nSPS) is 13.3. The van der Waals surface area contributed by atoms with Crippen LogP contribution >= 0.6 is 0 Å². The topological polar surface area (TPSA) is 55.4 Å². The molecule has 0 aliphatic carbocycles. The van der Waals surface area contributed by atoms with Gasteiger partial charge in [-0.2, -0.15) is 0 Å². The smallest absolute Gasteiger partial charge is 0.127 e. The zero-order valence-corrected chi connectivity index (χ0v) is 43.7. The molecule has 3 unspecified atom stereocenters. The average molecular weight is 897 g/mol. The maximum atomic E-state index is 6.71. The Bertz CT molecular complexity index is 1850. The van der Waals surface area contributed by atoms with E-state index in [4.69, 9.17) is 28.4 Å². The third-order valence-electron chi connectivity index (χ3n) is 12.9. The zero-order chi connectivity index (χ0) is 47.7. The minimum atomic E-state index is 0.579. The first-order valence-electron chi connectivity index (χ1n) is 25.6. The quantitative estimate of drug-likeness (QED) is 0.0568. The van der Waals surface area contributed by atoms with Crippen LogP contribution in [0.4, 0.5) is 0 Å². The van der Waals surface area contributed by atoms with E-state index in [1.165, 1.54) is 57.8 Å². The van der Waals surface area contributed by atoms with E-state index in [9.17, 15) is 0 Å². The minimum Gasteiger partial charge on any atom is -0.496 e. The molecule has 364 valence electrons. The Labute approximate surface area is 398 Å². The fourth-order valence-corrected chi connectivity index (χ4v) is 8.35. The van der Waals surface area contributed by atoms with Gasteiger partial charge in [-0.3, -0.25) is 0 Å².